The summed E-state index contributed by atoms with van der Waals surface area (Å²) in [5.74, 6) is -2.10. The summed E-state index contributed by atoms with van der Waals surface area (Å²) in [5, 5.41) is 20.6. The van der Waals surface area contributed by atoms with Crippen molar-refractivity contribution in [2.24, 2.45) is 5.92 Å². The molecule has 0 spiro atoms. The maximum Gasteiger partial charge on any atom is 0.341 e. The third-order valence-electron chi connectivity index (χ3n) is 7.72. The van der Waals surface area contributed by atoms with Gasteiger partial charge in [-0.25, -0.2) is 9.78 Å². The largest absolute Gasteiger partial charge is 0.497 e. The zero-order chi connectivity index (χ0) is 30.1. The molecule has 0 saturated carbocycles. The molecule has 0 fully saturated rings. The molecule has 1 aliphatic heterocycles. The van der Waals surface area contributed by atoms with Crippen molar-refractivity contribution in [2.75, 3.05) is 20.5 Å². The number of aromatic carboxylic acids is 1. The Kier molecular flexibility index (Phi) is 7.50. The van der Waals surface area contributed by atoms with E-state index in [1.165, 1.54) is 25.4 Å². The fraction of sp³-hybridized carbons (Fsp3) is 0.242. The van der Waals surface area contributed by atoms with Crippen LogP contribution in [0.2, 0.25) is 0 Å². The Labute approximate surface area is 247 Å². The van der Waals surface area contributed by atoms with Gasteiger partial charge in [0.05, 0.1) is 19.6 Å². The molecule has 3 unspecified atom stereocenters. The maximum atomic E-state index is 13.2. The van der Waals surface area contributed by atoms with Crippen LogP contribution in [0.25, 0.3) is 0 Å². The summed E-state index contributed by atoms with van der Waals surface area (Å²) in [6, 6.07) is 19.1. The van der Waals surface area contributed by atoms with Crippen LogP contribution in [0.1, 0.15) is 57.8 Å². The minimum absolute atomic E-state index is 0.0988. The van der Waals surface area contributed by atoms with Crippen LogP contribution in [0.15, 0.2) is 72.9 Å². The second-order valence-corrected chi connectivity index (χ2v) is 10.2. The summed E-state index contributed by atoms with van der Waals surface area (Å²) >= 11 is 0. The van der Waals surface area contributed by atoms with Gasteiger partial charge in [-0.3, -0.25) is 4.79 Å². The van der Waals surface area contributed by atoms with Crippen LogP contribution in [0.5, 0.6) is 34.6 Å². The number of nitrogens with zero attached hydrogens (tertiary/aromatic N) is 1. The van der Waals surface area contributed by atoms with Crippen LogP contribution in [0.3, 0.4) is 0 Å². The lowest BCUT2D eigenvalue weighted by Gasteiger charge is -2.25. The number of methoxy groups -OCH3 is 1. The molecule has 0 saturated heterocycles. The number of carbonyl (C=O) groups is 2. The van der Waals surface area contributed by atoms with Crippen LogP contribution < -0.4 is 23.7 Å². The highest BCUT2D eigenvalue weighted by atomic mass is 16.7. The highest BCUT2D eigenvalue weighted by molar-refractivity contribution is 5.90. The highest BCUT2D eigenvalue weighted by Gasteiger charge is 2.48. The number of hydrogen-bond donors (Lipinski definition) is 2. The zero-order valence-corrected chi connectivity index (χ0v) is 23.5. The number of fused-ring (bicyclic) bond motifs is 2. The van der Waals surface area contributed by atoms with Crippen LogP contribution in [0, 0.1) is 5.92 Å². The predicted molar refractivity (Wildman–Crippen MR) is 154 cm³/mol. The molecular weight excluding hydrogens is 554 g/mol. The van der Waals surface area contributed by atoms with Gasteiger partial charge in [0, 0.05) is 29.7 Å². The summed E-state index contributed by atoms with van der Waals surface area (Å²) < 4.78 is 28.7. The lowest BCUT2D eigenvalue weighted by molar-refractivity contribution is -0.142. The highest BCUT2D eigenvalue weighted by Crippen LogP contribution is 2.56. The molecule has 0 bridgehead atoms. The van der Waals surface area contributed by atoms with Crippen molar-refractivity contribution in [3.8, 4) is 34.6 Å². The third kappa shape index (κ3) is 5.16. The summed E-state index contributed by atoms with van der Waals surface area (Å²) in [7, 11) is 1.50. The molecule has 43 heavy (non-hydrogen) atoms. The van der Waals surface area contributed by atoms with E-state index in [1.54, 1.807) is 24.3 Å². The Morgan fingerprint density at radius 1 is 0.907 bits per heavy atom. The van der Waals surface area contributed by atoms with Crippen molar-refractivity contribution < 1.29 is 43.5 Å². The molecule has 3 atom stereocenters. The number of rotatable bonds is 10. The molecule has 4 aromatic rings. The lowest BCUT2D eigenvalue weighted by atomic mass is 9.79. The van der Waals surface area contributed by atoms with E-state index in [2.05, 4.69) is 4.98 Å². The Hall–Kier alpha value is -5.25. The fourth-order valence-corrected chi connectivity index (χ4v) is 5.86. The van der Waals surface area contributed by atoms with Crippen molar-refractivity contribution in [2.45, 2.75) is 25.2 Å². The summed E-state index contributed by atoms with van der Waals surface area (Å²) in [6.07, 6.45) is 2.24. The van der Waals surface area contributed by atoms with Crippen LogP contribution in [0.4, 0.5) is 0 Å². The second kappa shape index (κ2) is 11.6. The van der Waals surface area contributed by atoms with Crippen molar-refractivity contribution in [3.63, 3.8) is 0 Å². The smallest absolute Gasteiger partial charge is 0.341 e. The van der Waals surface area contributed by atoms with Crippen LogP contribution in [-0.2, 0) is 4.79 Å². The molecule has 0 amide bonds. The molecule has 3 aromatic carbocycles. The Morgan fingerprint density at radius 3 is 2.47 bits per heavy atom. The number of aliphatic carboxylic acids is 1. The average molecular weight is 584 g/mol. The second-order valence-electron chi connectivity index (χ2n) is 10.2. The normalized spacial score (nSPS) is 18.1. The van der Waals surface area contributed by atoms with Crippen molar-refractivity contribution in [1.29, 1.82) is 0 Å². The minimum Gasteiger partial charge on any atom is -0.497 e. The Bertz CT molecular complexity index is 1700. The van der Waals surface area contributed by atoms with E-state index in [1.807, 2.05) is 37.3 Å². The lowest BCUT2D eigenvalue weighted by Crippen LogP contribution is -2.24. The van der Waals surface area contributed by atoms with E-state index in [-0.39, 0.29) is 24.0 Å². The van der Waals surface area contributed by atoms with Crippen molar-refractivity contribution in [1.82, 2.24) is 4.98 Å². The van der Waals surface area contributed by atoms with Gasteiger partial charge in [0.15, 0.2) is 11.5 Å². The minimum atomic E-state index is -1.21. The number of carboxylic acids is 2. The van der Waals surface area contributed by atoms with Gasteiger partial charge in [0.2, 0.25) is 12.7 Å². The number of benzene rings is 3. The van der Waals surface area contributed by atoms with Gasteiger partial charge >= 0.3 is 11.9 Å². The van der Waals surface area contributed by atoms with Gasteiger partial charge in [0.25, 0.3) is 0 Å². The van der Waals surface area contributed by atoms with Gasteiger partial charge in [0.1, 0.15) is 22.8 Å². The van der Waals surface area contributed by atoms with Gasteiger partial charge in [-0.2, -0.15) is 0 Å². The molecule has 1 aliphatic carbocycles. The number of pyridine rings is 1. The monoisotopic (exact) mass is 583 g/mol. The molecular formula is C33H29NO9. The zero-order valence-electron chi connectivity index (χ0n) is 23.5. The summed E-state index contributed by atoms with van der Waals surface area (Å²) in [4.78, 5) is 29.3. The summed E-state index contributed by atoms with van der Waals surface area (Å²) in [5.41, 5.74) is 2.75. The van der Waals surface area contributed by atoms with Gasteiger partial charge in [-0.15, -0.1) is 0 Å². The topological polar surface area (TPSA) is 134 Å². The molecule has 10 nitrogen and oxygen atoms in total. The Balaban J connectivity index is 1.54. The molecule has 2 aliphatic rings. The average Bonchev–Trinajstić information content (AvgIpc) is 3.62. The van der Waals surface area contributed by atoms with Crippen molar-refractivity contribution in [3.05, 3.63) is 101 Å². The van der Waals surface area contributed by atoms with Gasteiger partial charge < -0.3 is 33.9 Å². The first-order valence-corrected chi connectivity index (χ1v) is 13.8. The fourth-order valence-electron chi connectivity index (χ4n) is 5.86. The molecule has 6 rings (SSSR count). The van der Waals surface area contributed by atoms with E-state index >= 15 is 0 Å². The molecule has 220 valence electrons. The quantitative estimate of drug-likeness (QED) is 0.226. The van der Waals surface area contributed by atoms with Gasteiger partial charge in [-0.05, 0) is 65.6 Å². The SMILES string of the molecule is CCCOc1ccc2c(c1)C(c1ccc(OC)cc1Oc1ncccc1C(=O)O)C(C(=O)O)C2c1ccc2c(c1)OCO2. The van der Waals surface area contributed by atoms with E-state index in [0.717, 1.165) is 23.1 Å². The van der Waals surface area contributed by atoms with Crippen molar-refractivity contribution >= 4 is 11.9 Å². The number of aromatic nitrogens is 1. The van der Waals surface area contributed by atoms with E-state index < -0.39 is 29.7 Å². The van der Waals surface area contributed by atoms with E-state index in [9.17, 15) is 19.8 Å². The standard InChI is InChI=1S/C33H29NO9/c1-3-13-40-20-8-9-21-24(15-20)29(30(33(37)38)28(21)18-6-11-25-27(14-18)42-17-41-25)22-10-7-19(39-2)16-26(22)43-31-23(32(35)36)5-4-12-34-31/h4-12,14-16,28-30H,3,13,17H2,1-2H3,(H,35,36)(H,37,38). The first kappa shape index (κ1) is 27.9. The van der Waals surface area contributed by atoms with Crippen LogP contribution >= 0.6 is 0 Å². The molecule has 2 heterocycles. The summed E-state index contributed by atoms with van der Waals surface area (Å²) in [6.45, 7) is 2.61. The molecule has 1 aromatic heterocycles. The van der Waals surface area contributed by atoms with Gasteiger partial charge in [-0.1, -0.05) is 25.1 Å². The molecule has 10 heteroatoms. The van der Waals surface area contributed by atoms with E-state index in [0.29, 0.717) is 35.2 Å². The molecule has 2 N–H and O–H groups in total. The molecule has 0 radical (unpaired) electrons. The first-order chi connectivity index (χ1) is 20.9. The Morgan fingerprint density at radius 2 is 1.70 bits per heavy atom. The van der Waals surface area contributed by atoms with Crippen LogP contribution in [-0.4, -0.2) is 47.6 Å². The predicted octanol–water partition coefficient (Wildman–Crippen LogP) is 6.08. The third-order valence-corrected chi connectivity index (χ3v) is 7.72. The first-order valence-electron chi connectivity index (χ1n) is 13.8. The maximum absolute atomic E-state index is 13.2. The number of carboxylic acid groups (broad SMARTS) is 2. The van der Waals surface area contributed by atoms with E-state index in [4.69, 9.17) is 23.7 Å². The number of ether oxygens (including phenoxy) is 5. The number of hydrogen-bond acceptors (Lipinski definition) is 8.